The molecule has 0 saturated heterocycles. The van der Waals surface area contributed by atoms with Crippen LogP contribution in [0.15, 0.2) is 41.3 Å². The summed E-state index contributed by atoms with van der Waals surface area (Å²) < 4.78 is 29.0. The maximum atomic E-state index is 12.4. The van der Waals surface area contributed by atoms with Crippen LogP contribution in [-0.2, 0) is 14.6 Å². The van der Waals surface area contributed by atoms with Crippen LogP contribution in [0.5, 0.6) is 5.75 Å². The number of aryl methyl sites for hydroxylation is 2. The first-order valence-corrected chi connectivity index (χ1v) is 9.89. The first kappa shape index (κ1) is 19.3. The van der Waals surface area contributed by atoms with Crippen LogP contribution >= 0.6 is 11.6 Å². The summed E-state index contributed by atoms with van der Waals surface area (Å²) in [5.41, 5.74) is 2.14. The quantitative estimate of drug-likeness (QED) is 0.855. The lowest BCUT2D eigenvalue weighted by Gasteiger charge is -2.17. The van der Waals surface area contributed by atoms with Crippen LogP contribution in [0.1, 0.15) is 18.1 Å². The average molecular weight is 382 g/mol. The van der Waals surface area contributed by atoms with E-state index in [-0.39, 0.29) is 4.90 Å². The number of rotatable bonds is 5. The summed E-state index contributed by atoms with van der Waals surface area (Å²) in [5.74, 6) is 0.0252. The van der Waals surface area contributed by atoms with Crippen molar-refractivity contribution in [2.75, 3.05) is 11.6 Å². The predicted octanol–water partition coefficient (Wildman–Crippen LogP) is 3.77. The van der Waals surface area contributed by atoms with Crippen LogP contribution in [-0.4, -0.2) is 26.7 Å². The SMILES string of the molecule is Cc1ccc(Cl)c(O[C@H](C)C(=O)Nc2cc(S(C)(=O)=O)ccc2C)c1. The summed E-state index contributed by atoms with van der Waals surface area (Å²) >= 11 is 6.08. The van der Waals surface area contributed by atoms with Gasteiger partial charge in [0.05, 0.1) is 9.92 Å². The molecule has 1 N–H and O–H groups in total. The third-order valence-electron chi connectivity index (χ3n) is 3.65. The first-order valence-electron chi connectivity index (χ1n) is 7.62. The summed E-state index contributed by atoms with van der Waals surface area (Å²) in [6.45, 7) is 5.28. The normalized spacial score (nSPS) is 12.5. The number of carbonyl (C=O) groups excluding carboxylic acids is 1. The molecule has 0 heterocycles. The van der Waals surface area contributed by atoms with Crippen molar-refractivity contribution in [1.82, 2.24) is 0 Å². The zero-order valence-electron chi connectivity index (χ0n) is 14.5. The van der Waals surface area contributed by atoms with Crippen LogP contribution in [0.2, 0.25) is 5.02 Å². The van der Waals surface area contributed by atoms with Gasteiger partial charge in [-0.05, 0) is 56.2 Å². The predicted molar refractivity (Wildman–Crippen MR) is 99.2 cm³/mol. The van der Waals surface area contributed by atoms with E-state index >= 15 is 0 Å². The number of carbonyl (C=O) groups is 1. The second-order valence-corrected chi connectivity index (χ2v) is 8.36. The molecular weight excluding hydrogens is 362 g/mol. The average Bonchev–Trinajstić information content (AvgIpc) is 2.51. The number of anilines is 1. The van der Waals surface area contributed by atoms with Crippen molar-refractivity contribution >= 4 is 33.0 Å². The van der Waals surface area contributed by atoms with E-state index in [4.69, 9.17) is 16.3 Å². The van der Waals surface area contributed by atoms with Gasteiger partial charge in [0, 0.05) is 11.9 Å². The van der Waals surface area contributed by atoms with Crippen LogP contribution in [0, 0.1) is 13.8 Å². The Labute approximate surface area is 152 Å². The van der Waals surface area contributed by atoms with Gasteiger partial charge in [-0.15, -0.1) is 0 Å². The number of benzene rings is 2. The van der Waals surface area contributed by atoms with E-state index in [2.05, 4.69) is 5.32 Å². The molecule has 2 rings (SSSR count). The Morgan fingerprint density at radius 3 is 2.48 bits per heavy atom. The van der Waals surface area contributed by atoms with Crippen LogP contribution in [0.4, 0.5) is 5.69 Å². The fourth-order valence-corrected chi connectivity index (χ4v) is 2.95. The lowest BCUT2D eigenvalue weighted by molar-refractivity contribution is -0.122. The molecule has 0 aliphatic rings. The Balaban J connectivity index is 2.17. The van der Waals surface area contributed by atoms with Crippen molar-refractivity contribution in [2.45, 2.75) is 31.8 Å². The minimum Gasteiger partial charge on any atom is -0.479 e. The van der Waals surface area contributed by atoms with Gasteiger partial charge in [-0.1, -0.05) is 23.7 Å². The van der Waals surface area contributed by atoms with Gasteiger partial charge < -0.3 is 10.1 Å². The van der Waals surface area contributed by atoms with Crippen molar-refractivity contribution in [2.24, 2.45) is 0 Å². The zero-order chi connectivity index (χ0) is 18.8. The number of hydrogen-bond acceptors (Lipinski definition) is 4. The van der Waals surface area contributed by atoms with Crippen molar-refractivity contribution in [1.29, 1.82) is 0 Å². The molecule has 25 heavy (non-hydrogen) atoms. The number of halogens is 1. The minimum atomic E-state index is -3.36. The Morgan fingerprint density at radius 1 is 1.16 bits per heavy atom. The zero-order valence-corrected chi connectivity index (χ0v) is 16.0. The molecule has 5 nitrogen and oxygen atoms in total. The number of amides is 1. The number of nitrogens with one attached hydrogen (secondary N) is 1. The smallest absolute Gasteiger partial charge is 0.265 e. The largest absolute Gasteiger partial charge is 0.479 e. The molecule has 2 aromatic carbocycles. The topological polar surface area (TPSA) is 72.5 Å². The number of ether oxygens (including phenoxy) is 1. The molecule has 0 spiro atoms. The van der Waals surface area contributed by atoms with Crippen molar-refractivity contribution < 1.29 is 17.9 Å². The molecule has 0 aromatic heterocycles. The molecule has 2 aromatic rings. The summed E-state index contributed by atoms with van der Waals surface area (Å²) in [5, 5.41) is 3.12. The first-order chi connectivity index (χ1) is 11.6. The molecule has 134 valence electrons. The van der Waals surface area contributed by atoms with E-state index < -0.39 is 21.8 Å². The van der Waals surface area contributed by atoms with Gasteiger partial charge in [0.25, 0.3) is 5.91 Å². The van der Waals surface area contributed by atoms with Gasteiger partial charge in [0.2, 0.25) is 0 Å². The van der Waals surface area contributed by atoms with E-state index in [0.717, 1.165) is 17.4 Å². The van der Waals surface area contributed by atoms with E-state index in [1.165, 1.54) is 12.1 Å². The summed E-state index contributed by atoms with van der Waals surface area (Å²) in [6.07, 6.45) is 0.315. The lowest BCUT2D eigenvalue weighted by Crippen LogP contribution is -2.30. The summed E-state index contributed by atoms with van der Waals surface area (Å²) in [6, 6.07) is 9.90. The Bertz CT molecular complexity index is 909. The summed E-state index contributed by atoms with van der Waals surface area (Å²) in [7, 11) is -3.36. The number of sulfone groups is 1. The third kappa shape index (κ3) is 4.96. The van der Waals surface area contributed by atoms with E-state index in [1.807, 2.05) is 13.0 Å². The number of hydrogen-bond donors (Lipinski definition) is 1. The van der Waals surface area contributed by atoms with E-state index in [9.17, 15) is 13.2 Å². The van der Waals surface area contributed by atoms with E-state index in [1.54, 1.807) is 32.0 Å². The molecule has 1 atom stereocenters. The Kier molecular flexibility index (Phi) is 5.75. The Morgan fingerprint density at radius 2 is 1.84 bits per heavy atom. The highest BCUT2D eigenvalue weighted by Crippen LogP contribution is 2.27. The molecule has 1 amide bonds. The van der Waals surface area contributed by atoms with Gasteiger partial charge in [-0.25, -0.2) is 8.42 Å². The minimum absolute atomic E-state index is 0.142. The van der Waals surface area contributed by atoms with Gasteiger partial charge in [-0.2, -0.15) is 0 Å². The highest BCUT2D eigenvalue weighted by molar-refractivity contribution is 7.90. The maximum Gasteiger partial charge on any atom is 0.265 e. The van der Waals surface area contributed by atoms with Crippen LogP contribution in [0.25, 0.3) is 0 Å². The standard InChI is InChI=1S/C18H20ClNO4S/c1-11-5-8-15(19)17(9-11)24-13(3)18(21)20-16-10-14(25(4,22)23)7-6-12(16)2/h5-10,13H,1-4H3,(H,20,21)/t13-/m1/s1. The highest BCUT2D eigenvalue weighted by atomic mass is 35.5. The highest BCUT2D eigenvalue weighted by Gasteiger charge is 2.18. The fraction of sp³-hybridized carbons (Fsp3) is 0.278. The molecule has 0 unspecified atom stereocenters. The van der Waals surface area contributed by atoms with Crippen LogP contribution < -0.4 is 10.1 Å². The van der Waals surface area contributed by atoms with Crippen molar-refractivity contribution in [3.8, 4) is 5.75 Å². The molecule has 0 aliphatic heterocycles. The monoisotopic (exact) mass is 381 g/mol. The van der Waals surface area contributed by atoms with E-state index in [0.29, 0.717) is 16.5 Å². The van der Waals surface area contributed by atoms with Crippen LogP contribution in [0.3, 0.4) is 0 Å². The molecule has 0 saturated carbocycles. The molecule has 0 bridgehead atoms. The van der Waals surface area contributed by atoms with Crippen molar-refractivity contribution in [3.05, 3.63) is 52.5 Å². The molecule has 0 fully saturated rings. The Hall–Kier alpha value is -2.05. The van der Waals surface area contributed by atoms with Gasteiger partial charge in [0.1, 0.15) is 5.75 Å². The molecule has 7 heteroatoms. The van der Waals surface area contributed by atoms with Crippen molar-refractivity contribution in [3.63, 3.8) is 0 Å². The third-order valence-corrected chi connectivity index (χ3v) is 5.08. The fourth-order valence-electron chi connectivity index (χ4n) is 2.15. The molecule has 0 aliphatic carbocycles. The van der Waals surface area contributed by atoms with Gasteiger partial charge in [0.15, 0.2) is 15.9 Å². The van der Waals surface area contributed by atoms with Gasteiger partial charge in [-0.3, -0.25) is 4.79 Å². The molecular formula is C18H20ClNO4S. The maximum absolute atomic E-state index is 12.4. The molecule has 0 radical (unpaired) electrons. The second kappa shape index (κ2) is 7.45. The summed E-state index contributed by atoms with van der Waals surface area (Å²) in [4.78, 5) is 12.5. The lowest BCUT2D eigenvalue weighted by atomic mass is 10.2. The van der Waals surface area contributed by atoms with Gasteiger partial charge >= 0.3 is 0 Å². The second-order valence-electron chi connectivity index (χ2n) is 5.93.